The Morgan fingerprint density at radius 1 is 0.818 bits per heavy atom. The molecule has 0 saturated heterocycles. The van der Waals surface area contributed by atoms with Crippen molar-refractivity contribution in [3.8, 4) is 20.9 Å². The van der Waals surface area contributed by atoms with Crippen LogP contribution in [0.4, 0.5) is 0 Å². The summed E-state index contributed by atoms with van der Waals surface area (Å²) in [6.45, 7) is 6.12. The van der Waals surface area contributed by atoms with Crippen molar-refractivity contribution in [1.29, 1.82) is 0 Å². The molecule has 0 N–H and O–H groups in total. The van der Waals surface area contributed by atoms with Crippen LogP contribution in [0.5, 0.6) is 0 Å². The first-order valence-electron chi connectivity index (χ1n) is 11.3. The SMILES string of the molecule is CC(=O)Sc1cccc(-c2cc(C)c(C3=C(c4cc(-c5ccccc5)sc4C)CCC3)s2)c1. The van der Waals surface area contributed by atoms with Crippen molar-refractivity contribution in [2.24, 2.45) is 0 Å². The topological polar surface area (TPSA) is 17.1 Å². The zero-order valence-corrected chi connectivity index (χ0v) is 21.6. The summed E-state index contributed by atoms with van der Waals surface area (Å²) in [6, 6.07) is 23.8. The smallest absolute Gasteiger partial charge is 0.190 e. The molecule has 0 aliphatic heterocycles. The van der Waals surface area contributed by atoms with Gasteiger partial charge in [0.25, 0.3) is 0 Å². The van der Waals surface area contributed by atoms with E-state index in [4.69, 9.17) is 0 Å². The number of thioether (sulfide) groups is 1. The molecule has 1 aliphatic carbocycles. The number of hydrogen-bond acceptors (Lipinski definition) is 4. The van der Waals surface area contributed by atoms with Gasteiger partial charge in [0.1, 0.15) is 0 Å². The Hall–Kier alpha value is -2.40. The van der Waals surface area contributed by atoms with Crippen molar-refractivity contribution in [2.45, 2.75) is 44.9 Å². The largest absolute Gasteiger partial charge is 0.287 e. The van der Waals surface area contributed by atoms with Crippen LogP contribution in [0, 0.1) is 13.8 Å². The number of hydrogen-bond donors (Lipinski definition) is 0. The number of carbonyl (C=O) groups is 1. The lowest BCUT2D eigenvalue weighted by Gasteiger charge is -2.07. The monoisotopic (exact) mass is 486 g/mol. The fourth-order valence-corrected chi connectivity index (χ4v) is 7.61. The maximum atomic E-state index is 11.5. The fourth-order valence-electron chi connectivity index (χ4n) is 4.62. The lowest BCUT2D eigenvalue weighted by atomic mass is 9.99. The first-order chi connectivity index (χ1) is 16.0. The van der Waals surface area contributed by atoms with Crippen molar-refractivity contribution < 1.29 is 4.79 Å². The van der Waals surface area contributed by atoms with Crippen LogP contribution in [0.3, 0.4) is 0 Å². The molecule has 0 saturated carbocycles. The van der Waals surface area contributed by atoms with Gasteiger partial charge in [0.15, 0.2) is 5.12 Å². The van der Waals surface area contributed by atoms with Crippen LogP contribution in [0.2, 0.25) is 0 Å². The number of aryl methyl sites for hydroxylation is 2. The molecule has 1 nitrogen and oxygen atoms in total. The molecule has 2 aromatic carbocycles. The number of benzene rings is 2. The van der Waals surface area contributed by atoms with Crippen molar-refractivity contribution in [2.75, 3.05) is 0 Å². The van der Waals surface area contributed by atoms with Gasteiger partial charge in [0.05, 0.1) is 0 Å². The van der Waals surface area contributed by atoms with Crippen molar-refractivity contribution in [3.63, 3.8) is 0 Å². The fraction of sp³-hybridized carbons (Fsp3) is 0.207. The summed E-state index contributed by atoms with van der Waals surface area (Å²) in [6.07, 6.45) is 3.52. The molecular formula is C29H26OS3. The van der Waals surface area contributed by atoms with Crippen molar-refractivity contribution >= 4 is 50.7 Å². The van der Waals surface area contributed by atoms with Gasteiger partial charge in [-0.15, -0.1) is 22.7 Å². The van der Waals surface area contributed by atoms with Gasteiger partial charge in [-0.3, -0.25) is 4.79 Å². The summed E-state index contributed by atoms with van der Waals surface area (Å²) in [5.41, 5.74) is 8.33. The number of allylic oxidation sites excluding steroid dienone is 2. The maximum absolute atomic E-state index is 11.5. The molecule has 166 valence electrons. The zero-order chi connectivity index (χ0) is 22.9. The second-order valence-corrected chi connectivity index (χ2v) is 12.1. The lowest BCUT2D eigenvalue weighted by molar-refractivity contribution is -0.109. The van der Waals surface area contributed by atoms with Crippen LogP contribution < -0.4 is 0 Å². The number of rotatable bonds is 5. The molecule has 1 aliphatic rings. The normalized spacial score (nSPS) is 13.7. The van der Waals surface area contributed by atoms with Crippen LogP contribution in [-0.4, -0.2) is 5.12 Å². The summed E-state index contributed by atoms with van der Waals surface area (Å²) in [5.74, 6) is 0. The van der Waals surface area contributed by atoms with Crippen LogP contribution >= 0.6 is 34.4 Å². The van der Waals surface area contributed by atoms with Crippen LogP contribution in [0.25, 0.3) is 32.0 Å². The standard InChI is InChI=1S/C29H26OS3/c1-18-15-27(22-11-7-12-23(16-22)32-20(3)30)33-29(18)25-14-8-13-24(25)26-17-28(31-19(26)2)21-9-5-4-6-10-21/h4-7,9-12,15-17H,8,13-14H2,1-3H3. The molecule has 0 atom stereocenters. The van der Waals surface area contributed by atoms with Gasteiger partial charge in [-0.05, 0) is 90.8 Å². The second kappa shape index (κ2) is 9.46. The molecule has 4 aromatic rings. The van der Waals surface area contributed by atoms with Gasteiger partial charge < -0.3 is 0 Å². The summed E-state index contributed by atoms with van der Waals surface area (Å²) in [5, 5.41) is 0.122. The third-order valence-corrected chi connectivity index (χ3v) is 9.31. The van der Waals surface area contributed by atoms with E-state index in [1.165, 1.54) is 71.1 Å². The average Bonchev–Trinajstić information content (AvgIpc) is 3.52. The number of thiophene rings is 2. The molecule has 0 radical (unpaired) electrons. The molecule has 4 heteroatoms. The third-order valence-electron chi connectivity index (χ3n) is 6.09. The van der Waals surface area contributed by atoms with E-state index in [0.29, 0.717) is 0 Å². The minimum Gasteiger partial charge on any atom is -0.287 e. The van der Waals surface area contributed by atoms with Crippen molar-refractivity contribution in [1.82, 2.24) is 0 Å². The van der Waals surface area contributed by atoms with E-state index in [0.717, 1.165) is 17.7 Å². The Morgan fingerprint density at radius 2 is 1.55 bits per heavy atom. The van der Waals surface area contributed by atoms with E-state index >= 15 is 0 Å². The summed E-state index contributed by atoms with van der Waals surface area (Å²) < 4.78 is 0. The molecule has 2 aromatic heterocycles. The summed E-state index contributed by atoms with van der Waals surface area (Å²) in [4.78, 5) is 18.0. The highest BCUT2D eigenvalue weighted by atomic mass is 32.2. The third kappa shape index (κ3) is 4.65. The molecule has 5 rings (SSSR count). The van der Waals surface area contributed by atoms with Gasteiger partial charge in [0, 0.05) is 31.3 Å². The van der Waals surface area contributed by atoms with E-state index in [1.54, 1.807) is 6.92 Å². The predicted molar refractivity (Wildman–Crippen MR) is 146 cm³/mol. The Morgan fingerprint density at radius 3 is 2.33 bits per heavy atom. The first kappa shape index (κ1) is 22.4. The Kier molecular flexibility index (Phi) is 6.42. The van der Waals surface area contributed by atoms with E-state index < -0.39 is 0 Å². The summed E-state index contributed by atoms with van der Waals surface area (Å²) >= 11 is 5.10. The summed E-state index contributed by atoms with van der Waals surface area (Å²) in [7, 11) is 0. The van der Waals surface area contributed by atoms with E-state index in [9.17, 15) is 4.79 Å². The minimum atomic E-state index is 0.122. The Labute approximate surface area is 208 Å². The van der Waals surface area contributed by atoms with Crippen LogP contribution in [0.1, 0.15) is 47.1 Å². The van der Waals surface area contributed by atoms with Crippen LogP contribution in [0.15, 0.2) is 71.6 Å². The molecule has 0 fully saturated rings. The average molecular weight is 487 g/mol. The quantitative estimate of drug-likeness (QED) is 0.261. The molecular weight excluding hydrogens is 461 g/mol. The molecule has 0 amide bonds. The highest BCUT2D eigenvalue weighted by Gasteiger charge is 2.23. The van der Waals surface area contributed by atoms with E-state index in [2.05, 4.69) is 74.5 Å². The van der Waals surface area contributed by atoms with Gasteiger partial charge in [-0.2, -0.15) is 0 Å². The second-order valence-electron chi connectivity index (χ2n) is 8.50. The zero-order valence-electron chi connectivity index (χ0n) is 19.1. The van der Waals surface area contributed by atoms with E-state index in [-0.39, 0.29) is 5.12 Å². The number of carbonyl (C=O) groups excluding carboxylic acids is 1. The predicted octanol–water partition coefficient (Wildman–Crippen LogP) is 9.49. The van der Waals surface area contributed by atoms with Gasteiger partial charge in [0.2, 0.25) is 0 Å². The van der Waals surface area contributed by atoms with Crippen molar-refractivity contribution in [3.05, 3.63) is 87.6 Å². The van der Waals surface area contributed by atoms with Gasteiger partial charge in [-0.1, -0.05) is 54.2 Å². The Bertz CT molecular complexity index is 1350. The van der Waals surface area contributed by atoms with Gasteiger partial charge >= 0.3 is 0 Å². The highest BCUT2D eigenvalue weighted by molar-refractivity contribution is 8.13. The minimum absolute atomic E-state index is 0.122. The van der Waals surface area contributed by atoms with Gasteiger partial charge in [-0.25, -0.2) is 0 Å². The maximum Gasteiger partial charge on any atom is 0.190 e. The lowest BCUT2D eigenvalue weighted by Crippen LogP contribution is -1.85. The Balaban J connectivity index is 1.53. The molecule has 0 unspecified atom stereocenters. The molecule has 33 heavy (non-hydrogen) atoms. The highest BCUT2D eigenvalue weighted by Crippen LogP contribution is 2.48. The van der Waals surface area contributed by atoms with Crippen LogP contribution in [-0.2, 0) is 4.79 Å². The first-order valence-corrected chi connectivity index (χ1v) is 13.7. The molecule has 0 bridgehead atoms. The molecule has 0 spiro atoms. The molecule has 2 heterocycles. The van der Waals surface area contributed by atoms with E-state index in [1.807, 2.05) is 28.7 Å².